The Morgan fingerprint density at radius 1 is 1.45 bits per heavy atom. The van der Waals surface area contributed by atoms with Crippen LogP contribution >= 0.6 is 11.6 Å². The first-order chi connectivity index (χ1) is 9.36. The Balaban J connectivity index is 3.27. The van der Waals surface area contributed by atoms with E-state index in [1.54, 1.807) is 6.20 Å². The third-order valence-corrected chi connectivity index (χ3v) is 4.39. The Bertz CT molecular complexity index is 436. The number of nitrogens with two attached hydrogens (primary N) is 1. The van der Waals surface area contributed by atoms with E-state index in [9.17, 15) is 0 Å². The van der Waals surface area contributed by atoms with Gasteiger partial charge in [0.25, 0.3) is 0 Å². The Labute approximate surface area is 127 Å². The molecule has 20 heavy (non-hydrogen) atoms. The van der Waals surface area contributed by atoms with Gasteiger partial charge in [-0.2, -0.15) is 0 Å². The van der Waals surface area contributed by atoms with E-state index in [4.69, 9.17) is 17.3 Å². The standard InChI is InChI=1S/C15H27ClN4/c1-6-8-18-13(15(3,7-2)20(4)5)12-9-11(16)10-19-14(12)17/h9-10,13,18H,6-8H2,1-5H3,(H2,17,19). The second-order valence-corrected chi connectivity index (χ2v) is 6.06. The van der Waals surface area contributed by atoms with E-state index < -0.39 is 0 Å². The topological polar surface area (TPSA) is 54.2 Å². The molecule has 0 aromatic carbocycles. The molecule has 0 fully saturated rings. The molecule has 1 aromatic rings. The number of hydrogen-bond donors (Lipinski definition) is 2. The third-order valence-electron chi connectivity index (χ3n) is 4.18. The van der Waals surface area contributed by atoms with Crippen LogP contribution in [-0.2, 0) is 0 Å². The Morgan fingerprint density at radius 2 is 2.10 bits per heavy atom. The SMILES string of the molecule is CCCNC(c1cc(Cl)cnc1N)C(C)(CC)N(C)C. The molecule has 2 atom stereocenters. The van der Waals surface area contributed by atoms with Crippen LogP contribution in [0.15, 0.2) is 12.3 Å². The van der Waals surface area contributed by atoms with Gasteiger partial charge >= 0.3 is 0 Å². The summed E-state index contributed by atoms with van der Waals surface area (Å²) in [4.78, 5) is 6.44. The minimum absolute atomic E-state index is 0.0599. The van der Waals surface area contributed by atoms with Crippen molar-refractivity contribution in [2.24, 2.45) is 0 Å². The first-order valence-corrected chi connectivity index (χ1v) is 7.56. The van der Waals surface area contributed by atoms with Crippen molar-refractivity contribution in [2.75, 3.05) is 26.4 Å². The minimum Gasteiger partial charge on any atom is -0.383 e. The average Bonchev–Trinajstić information content (AvgIpc) is 2.42. The third kappa shape index (κ3) is 3.62. The Morgan fingerprint density at radius 3 is 2.60 bits per heavy atom. The summed E-state index contributed by atoms with van der Waals surface area (Å²) in [7, 11) is 4.19. The number of likely N-dealkylation sites (N-methyl/N-ethyl adjacent to an activating group) is 1. The van der Waals surface area contributed by atoms with Crippen molar-refractivity contribution in [3.63, 3.8) is 0 Å². The predicted octanol–water partition coefficient (Wildman–Crippen LogP) is 3.09. The molecule has 1 rings (SSSR count). The zero-order valence-corrected chi connectivity index (χ0v) is 14.0. The molecule has 0 amide bonds. The van der Waals surface area contributed by atoms with Gasteiger partial charge in [0.1, 0.15) is 5.82 Å². The van der Waals surface area contributed by atoms with E-state index in [-0.39, 0.29) is 11.6 Å². The first kappa shape index (κ1) is 17.2. The molecule has 0 radical (unpaired) electrons. The maximum atomic E-state index is 6.11. The van der Waals surface area contributed by atoms with E-state index in [1.807, 2.05) is 6.07 Å². The van der Waals surface area contributed by atoms with Crippen LogP contribution in [-0.4, -0.2) is 36.1 Å². The molecule has 3 N–H and O–H groups in total. The highest BCUT2D eigenvalue weighted by Gasteiger charge is 2.36. The van der Waals surface area contributed by atoms with Crippen molar-refractivity contribution in [3.8, 4) is 0 Å². The van der Waals surface area contributed by atoms with Gasteiger partial charge in [-0.1, -0.05) is 25.4 Å². The maximum absolute atomic E-state index is 6.11. The zero-order valence-electron chi connectivity index (χ0n) is 13.2. The van der Waals surface area contributed by atoms with Crippen LogP contribution in [0, 0.1) is 0 Å². The fourth-order valence-corrected chi connectivity index (χ4v) is 2.60. The van der Waals surface area contributed by atoms with E-state index in [2.05, 4.69) is 50.1 Å². The van der Waals surface area contributed by atoms with Crippen LogP contribution in [0.2, 0.25) is 5.02 Å². The van der Waals surface area contributed by atoms with E-state index >= 15 is 0 Å². The van der Waals surface area contributed by atoms with E-state index in [1.165, 1.54) is 0 Å². The van der Waals surface area contributed by atoms with E-state index in [0.29, 0.717) is 10.8 Å². The highest BCUT2D eigenvalue weighted by molar-refractivity contribution is 6.30. The van der Waals surface area contributed by atoms with Crippen molar-refractivity contribution in [1.29, 1.82) is 0 Å². The number of nitrogens with one attached hydrogen (secondary N) is 1. The number of halogens is 1. The largest absolute Gasteiger partial charge is 0.383 e. The summed E-state index contributed by atoms with van der Waals surface area (Å²) in [6.07, 6.45) is 3.65. The predicted molar refractivity (Wildman–Crippen MR) is 87.1 cm³/mol. The summed E-state index contributed by atoms with van der Waals surface area (Å²) >= 11 is 6.11. The van der Waals surface area contributed by atoms with Crippen LogP contribution in [0.4, 0.5) is 5.82 Å². The van der Waals surface area contributed by atoms with Crippen molar-refractivity contribution >= 4 is 17.4 Å². The molecule has 0 aliphatic carbocycles. The molecule has 0 aliphatic heterocycles. The molecular formula is C15H27ClN4. The number of rotatable bonds is 7. The number of nitrogen functional groups attached to an aromatic ring is 1. The molecule has 0 spiro atoms. The second-order valence-electron chi connectivity index (χ2n) is 5.62. The lowest BCUT2D eigenvalue weighted by atomic mass is 9.83. The van der Waals surface area contributed by atoms with Gasteiger partial charge in [-0.25, -0.2) is 4.98 Å². The van der Waals surface area contributed by atoms with Crippen molar-refractivity contribution in [2.45, 2.75) is 45.2 Å². The fraction of sp³-hybridized carbons (Fsp3) is 0.667. The van der Waals surface area contributed by atoms with E-state index in [0.717, 1.165) is 24.9 Å². The molecule has 4 nitrogen and oxygen atoms in total. The molecule has 0 saturated heterocycles. The fourth-order valence-electron chi connectivity index (χ4n) is 2.43. The molecule has 114 valence electrons. The van der Waals surface area contributed by atoms with Crippen molar-refractivity contribution in [3.05, 3.63) is 22.8 Å². The van der Waals surface area contributed by atoms with Gasteiger partial charge in [0.15, 0.2) is 0 Å². The molecule has 0 saturated carbocycles. The number of aromatic nitrogens is 1. The zero-order chi connectivity index (χ0) is 15.3. The average molecular weight is 299 g/mol. The van der Waals surface area contributed by atoms with Crippen molar-refractivity contribution < 1.29 is 0 Å². The van der Waals surface area contributed by atoms with Crippen LogP contribution in [0.5, 0.6) is 0 Å². The number of pyridine rings is 1. The Hall–Kier alpha value is -0.840. The minimum atomic E-state index is -0.0599. The smallest absolute Gasteiger partial charge is 0.128 e. The monoisotopic (exact) mass is 298 g/mol. The summed E-state index contributed by atoms with van der Waals surface area (Å²) < 4.78 is 0. The molecule has 2 unspecified atom stereocenters. The van der Waals surface area contributed by atoms with Crippen molar-refractivity contribution in [1.82, 2.24) is 15.2 Å². The summed E-state index contributed by atoms with van der Waals surface area (Å²) in [6, 6.07) is 2.02. The maximum Gasteiger partial charge on any atom is 0.128 e. The van der Waals surface area contributed by atoms with Crippen LogP contribution in [0.1, 0.15) is 45.2 Å². The van der Waals surface area contributed by atoms with Gasteiger partial charge in [-0.3, -0.25) is 0 Å². The van der Waals surface area contributed by atoms with Crippen LogP contribution < -0.4 is 11.1 Å². The number of anilines is 1. The lowest BCUT2D eigenvalue weighted by Crippen LogP contribution is -2.51. The van der Waals surface area contributed by atoms with Gasteiger partial charge in [0.05, 0.1) is 11.1 Å². The van der Waals surface area contributed by atoms with Gasteiger partial charge < -0.3 is 16.0 Å². The van der Waals surface area contributed by atoms with Crippen LogP contribution in [0.3, 0.4) is 0 Å². The molecule has 1 heterocycles. The van der Waals surface area contributed by atoms with Gasteiger partial charge in [0.2, 0.25) is 0 Å². The molecule has 5 heteroatoms. The molecule has 0 aliphatic rings. The lowest BCUT2D eigenvalue weighted by Gasteiger charge is -2.43. The van der Waals surface area contributed by atoms with Crippen LogP contribution in [0.25, 0.3) is 0 Å². The highest BCUT2D eigenvalue weighted by atomic mass is 35.5. The second kappa shape index (κ2) is 7.25. The van der Waals surface area contributed by atoms with Gasteiger partial charge in [-0.15, -0.1) is 0 Å². The number of nitrogens with zero attached hydrogens (tertiary/aromatic N) is 2. The van der Waals surface area contributed by atoms with Gasteiger partial charge in [0, 0.05) is 17.3 Å². The lowest BCUT2D eigenvalue weighted by molar-refractivity contribution is 0.113. The summed E-state index contributed by atoms with van der Waals surface area (Å²) in [5, 5.41) is 4.23. The molecule has 0 bridgehead atoms. The first-order valence-electron chi connectivity index (χ1n) is 7.18. The quantitative estimate of drug-likeness (QED) is 0.812. The normalized spacial score (nSPS) is 16.1. The summed E-state index contributed by atoms with van der Waals surface area (Å²) in [6.45, 7) is 7.51. The summed E-state index contributed by atoms with van der Waals surface area (Å²) in [5.74, 6) is 0.546. The highest BCUT2D eigenvalue weighted by Crippen LogP contribution is 2.35. The number of hydrogen-bond acceptors (Lipinski definition) is 4. The van der Waals surface area contributed by atoms with Gasteiger partial charge in [-0.05, 0) is 46.5 Å². The summed E-state index contributed by atoms with van der Waals surface area (Å²) in [5.41, 5.74) is 7.00. The molecular weight excluding hydrogens is 272 g/mol. The molecule has 1 aromatic heterocycles. The Kier molecular flexibility index (Phi) is 6.24.